The number of aliphatic hydroxyl groups excluding tert-OH is 1. The fourth-order valence-electron chi connectivity index (χ4n) is 3.73. The molecule has 0 fully saturated rings. The van der Waals surface area contributed by atoms with Crippen LogP contribution in [0, 0.1) is 6.92 Å². The van der Waals surface area contributed by atoms with Gasteiger partial charge in [-0.25, -0.2) is 18.1 Å². The minimum absolute atomic E-state index is 0.0864. The number of benzene rings is 2. The first-order valence-electron chi connectivity index (χ1n) is 10.7. The van der Waals surface area contributed by atoms with Crippen molar-refractivity contribution in [1.29, 1.82) is 0 Å². The number of nitrogens with one attached hydrogen (secondary N) is 2. The molecule has 0 saturated carbocycles. The van der Waals surface area contributed by atoms with E-state index in [2.05, 4.69) is 19.4 Å². The molecule has 0 spiro atoms. The largest absolute Gasteiger partial charge is 0.485 e. The number of nitrogens with zero attached hydrogens (tertiary/aromatic N) is 2. The molecule has 9 nitrogen and oxygen atoms in total. The van der Waals surface area contributed by atoms with Crippen molar-refractivity contribution in [3.8, 4) is 5.75 Å². The summed E-state index contributed by atoms with van der Waals surface area (Å²) in [5.41, 5.74) is 0.568. The Morgan fingerprint density at radius 2 is 1.91 bits per heavy atom. The van der Waals surface area contributed by atoms with E-state index in [1.807, 2.05) is 6.92 Å². The van der Waals surface area contributed by atoms with Gasteiger partial charge in [-0.05, 0) is 63.1 Å². The molecule has 0 radical (unpaired) electrons. The van der Waals surface area contributed by atoms with E-state index in [0.717, 1.165) is 23.5 Å². The number of amides is 1. The number of ether oxygens (including phenoxy) is 1. The van der Waals surface area contributed by atoms with E-state index in [9.17, 15) is 18.3 Å². The number of hydrogen-bond acceptors (Lipinski definition) is 8. The second kappa shape index (κ2) is 9.06. The van der Waals surface area contributed by atoms with Gasteiger partial charge in [0.25, 0.3) is 5.91 Å². The van der Waals surface area contributed by atoms with Gasteiger partial charge in [0.15, 0.2) is 0 Å². The molecule has 1 amide bonds. The normalized spacial score (nSPS) is 19.2. The van der Waals surface area contributed by atoms with Crippen LogP contribution in [0.25, 0.3) is 0 Å². The Hall–Kier alpha value is -2.86. The summed E-state index contributed by atoms with van der Waals surface area (Å²) >= 11 is 1.06. The minimum Gasteiger partial charge on any atom is -0.485 e. The number of carbonyl (C=O) groups excluding carboxylic acids is 1. The molecule has 1 aliphatic heterocycles. The summed E-state index contributed by atoms with van der Waals surface area (Å²) in [6, 6.07) is 10.2. The van der Waals surface area contributed by atoms with Crippen LogP contribution in [0.3, 0.4) is 0 Å². The molecule has 0 saturated heterocycles. The Kier molecular flexibility index (Phi) is 6.47. The first-order valence-corrected chi connectivity index (χ1v) is 13.0. The van der Waals surface area contributed by atoms with Crippen LogP contribution < -0.4 is 14.8 Å². The van der Waals surface area contributed by atoms with Crippen LogP contribution in [0.1, 0.15) is 54.1 Å². The van der Waals surface area contributed by atoms with E-state index in [1.54, 1.807) is 45.0 Å². The van der Waals surface area contributed by atoms with Crippen LogP contribution in [0.4, 0.5) is 5.13 Å². The Balaban J connectivity index is 1.68. The maximum Gasteiger partial charge on any atom is 0.257 e. The lowest BCUT2D eigenvalue weighted by atomic mass is 9.86. The molecule has 0 bridgehead atoms. The molecular formula is C23H26N4O5S2. The highest BCUT2D eigenvalue weighted by Crippen LogP contribution is 2.41. The van der Waals surface area contributed by atoms with E-state index in [-0.39, 0.29) is 10.5 Å². The van der Waals surface area contributed by atoms with Crippen molar-refractivity contribution in [1.82, 2.24) is 14.1 Å². The summed E-state index contributed by atoms with van der Waals surface area (Å²) in [6.07, 6.45) is -0.427. The average molecular weight is 503 g/mol. The van der Waals surface area contributed by atoms with Gasteiger partial charge in [0, 0.05) is 22.7 Å². The van der Waals surface area contributed by atoms with Gasteiger partial charge in [-0.15, -0.1) is 0 Å². The van der Waals surface area contributed by atoms with Gasteiger partial charge in [0.1, 0.15) is 23.3 Å². The fourth-order valence-corrected chi connectivity index (χ4v) is 5.52. The molecule has 2 aromatic carbocycles. The molecule has 34 heavy (non-hydrogen) atoms. The third kappa shape index (κ3) is 4.83. The van der Waals surface area contributed by atoms with Crippen LogP contribution in [-0.4, -0.2) is 40.5 Å². The van der Waals surface area contributed by atoms with E-state index in [4.69, 9.17) is 4.74 Å². The first kappa shape index (κ1) is 24.3. The monoisotopic (exact) mass is 502 g/mol. The number of anilines is 1. The molecule has 1 aliphatic rings. The van der Waals surface area contributed by atoms with Crippen LogP contribution in [0.2, 0.25) is 0 Å². The lowest BCUT2D eigenvalue weighted by Crippen LogP contribution is -2.53. The predicted molar refractivity (Wildman–Crippen MR) is 129 cm³/mol. The smallest absolute Gasteiger partial charge is 0.257 e. The van der Waals surface area contributed by atoms with E-state index in [1.165, 1.54) is 18.2 Å². The number of carbonyl (C=O) groups is 1. The van der Waals surface area contributed by atoms with Gasteiger partial charge in [-0.3, -0.25) is 10.1 Å². The highest BCUT2D eigenvalue weighted by Gasteiger charge is 2.44. The Labute approximate surface area is 202 Å². The predicted octanol–water partition coefficient (Wildman–Crippen LogP) is 3.21. The number of aromatic nitrogens is 2. The zero-order valence-electron chi connectivity index (χ0n) is 19.2. The minimum atomic E-state index is -3.97. The molecular weight excluding hydrogens is 476 g/mol. The van der Waals surface area contributed by atoms with Crippen molar-refractivity contribution in [2.24, 2.45) is 0 Å². The maximum atomic E-state index is 13.2. The van der Waals surface area contributed by atoms with Gasteiger partial charge in [0.2, 0.25) is 15.2 Å². The number of sulfonamides is 1. The number of aliphatic hydroxyl groups is 1. The molecule has 180 valence electrons. The third-order valence-electron chi connectivity index (χ3n) is 5.68. The van der Waals surface area contributed by atoms with E-state index in [0.29, 0.717) is 22.3 Å². The SMILES string of the molecule is CCc1ccc(S(=O)(=O)N[C@@H]2c3cc(C(=O)Nc4nc(C)ns4)ccc3OC(C)(C)[C@H]2O)cc1. The summed E-state index contributed by atoms with van der Waals surface area (Å²) in [5, 5.41) is 14.1. The maximum absolute atomic E-state index is 13.2. The summed E-state index contributed by atoms with van der Waals surface area (Å²) in [4.78, 5) is 17.0. The zero-order chi connectivity index (χ0) is 24.7. The second-order valence-corrected chi connectivity index (χ2v) is 11.1. The summed E-state index contributed by atoms with van der Waals surface area (Å²) in [7, 11) is -3.97. The number of hydrogen-bond donors (Lipinski definition) is 3. The van der Waals surface area contributed by atoms with Crippen molar-refractivity contribution in [3.63, 3.8) is 0 Å². The molecule has 4 rings (SSSR count). The van der Waals surface area contributed by atoms with Crippen molar-refractivity contribution in [3.05, 3.63) is 65.0 Å². The molecule has 11 heteroatoms. The van der Waals surface area contributed by atoms with Crippen LogP contribution in [-0.2, 0) is 16.4 Å². The molecule has 1 aromatic heterocycles. The number of rotatable bonds is 6. The van der Waals surface area contributed by atoms with Gasteiger partial charge in [-0.2, -0.15) is 4.37 Å². The number of aryl methyl sites for hydroxylation is 2. The molecule has 3 N–H and O–H groups in total. The second-order valence-electron chi connectivity index (χ2n) is 8.60. The molecule has 0 unspecified atom stereocenters. The Morgan fingerprint density at radius 3 is 2.53 bits per heavy atom. The molecule has 2 atom stereocenters. The fraction of sp³-hybridized carbons (Fsp3) is 0.348. The van der Waals surface area contributed by atoms with Crippen LogP contribution >= 0.6 is 11.5 Å². The van der Waals surface area contributed by atoms with Gasteiger partial charge >= 0.3 is 0 Å². The highest BCUT2D eigenvalue weighted by molar-refractivity contribution is 7.89. The zero-order valence-corrected chi connectivity index (χ0v) is 20.8. The van der Waals surface area contributed by atoms with E-state index < -0.39 is 33.7 Å². The highest BCUT2D eigenvalue weighted by atomic mass is 32.2. The van der Waals surface area contributed by atoms with Crippen LogP contribution in [0.15, 0.2) is 47.4 Å². The molecule has 0 aliphatic carbocycles. The number of fused-ring (bicyclic) bond motifs is 1. The third-order valence-corrected chi connectivity index (χ3v) is 7.86. The van der Waals surface area contributed by atoms with Crippen molar-refractivity contribution in [2.75, 3.05) is 5.32 Å². The van der Waals surface area contributed by atoms with Gasteiger partial charge < -0.3 is 9.84 Å². The van der Waals surface area contributed by atoms with Crippen LogP contribution in [0.5, 0.6) is 5.75 Å². The molecule has 3 aromatic rings. The van der Waals surface area contributed by atoms with E-state index >= 15 is 0 Å². The summed E-state index contributed by atoms with van der Waals surface area (Å²) < 4.78 is 38.9. The first-order chi connectivity index (χ1) is 16.0. The Bertz CT molecular complexity index is 1320. The van der Waals surface area contributed by atoms with Crippen molar-refractivity contribution >= 4 is 32.6 Å². The van der Waals surface area contributed by atoms with Crippen molar-refractivity contribution in [2.45, 2.75) is 56.8 Å². The van der Waals surface area contributed by atoms with Crippen molar-refractivity contribution < 1.29 is 23.1 Å². The lowest BCUT2D eigenvalue weighted by Gasteiger charge is -2.42. The topological polar surface area (TPSA) is 131 Å². The standard InChI is InChI=1S/C23H26N4O5S2/c1-5-14-6-9-16(10-7-14)34(30,31)27-19-17-12-15(21(29)25-22-24-13(2)26-33-22)8-11-18(17)32-23(3,4)20(19)28/h6-12,19-20,27-28H,5H2,1-4H3,(H,24,25,26,29)/t19-,20+/m1/s1. The summed E-state index contributed by atoms with van der Waals surface area (Å²) in [6.45, 7) is 7.06. The Morgan fingerprint density at radius 1 is 1.21 bits per heavy atom. The average Bonchev–Trinajstić information content (AvgIpc) is 3.20. The quantitative estimate of drug-likeness (QED) is 0.472. The lowest BCUT2D eigenvalue weighted by molar-refractivity contribution is -0.0603. The molecule has 2 heterocycles. The summed E-state index contributed by atoms with van der Waals surface area (Å²) in [5.74, 6) is 0.494. The van der Waals surface area contributed by atoms with Gasteiger partial charge in [0.05, 0.1) is 10.9 Å². The van der Waals surface area contributed by atoms with Gasteiger partial charge in [-0.1, -0.05) is 19.1 Å².